The van der Waals surface area contributed by atoms with E-state index < -0.39 is 0 Å². The van der Waals surface area contributed by atoms with Gasteiger partial charge >= 0.3 is 0 Å². The highest BCUT2D eigenvalue weighted by Crippen LogP contribution is 2.52. The van der Waals surface area contributed by atoms with Crippen LogP contribution in [0.4, 0.5) is 0 Å². The van der Waals surface area contributed by atoms with Crippen LogP contribution in [-0.4, -0.2) is 29.6 Å². The lowest BCUT2D eigenvalue weighted by molar-refractivity contribution is -0.129. The summed E-state index contributed by atoms with van der Waals surface area (Å²) in [6.07, 6.45) is 1.48. The number of carbonyl (C=O) groups is 1. The summed E-state index contributed by atoms with van der Waals surface area (Å²) in [5, 5.41) is 3.25. The predicted octanol–water partition coefficient (Wildman–Crippen LogP) is 1.20. The van der Waals surface area contributed by atoms with E-state index >= 15 is 0 Å². The fourth-order valence-electron chi connectivity index (χ4n) is 2.34. The molecule has 3 heteroatoms. The zero-order chi connectivity index (χ0) is 10.5. The van der Waals surface area contributed by atoms with Crippen molar-refractivity contribution in [2.75, 3.05) is 6.54 Å². The average molecular weight is 196 g/mol. The van der Waals surface area contributed by atoms with E-state index in [4.69, 9.17) is 0 Å². The van der Waals surface area contributed by atoms with Crippen LogP contribution in [0.3, 0.4) is 0 Å². The minimum Gasteiger partial charge on any atom is -0.326 e. The van der Waals surface area contributed by atoms with Gasteiger partial charge in [-0.2, -0.15) is 0 Å². The molecule has 0 aromatic heterocycles. The Hall–Kier alpha value is -0.570. The summed E-state index contributed by atoms with van der Waals surface area (Å²) < 4.78 is 0. The number of nitrogens with zero attached hydrogens (tertiary/aromatic N) is 1. The van der Waals surface area contributed by atoms with Crippen LogP contribution in [0.5, 0.6) is 0 Å². The van der Waals surface area contributed by atoms with E-state index in [1.807, 2.05) is 11.8 Å². The molecule has 0 spiro atoms. The number of nitrogens with one attached hydrogen (secondary N) is 1. The highest BCUT2D eigenvalue weighted by molar-refractivity contribution is 5.83. The summed E-state index contributed by atoms with van der Waals surface area (Å²) in [7, 11) is 0. The Kier molecular flexibility index (Phi) is 2.11. The van der Waals surface area contributed by atoms with Crippen molar-refractivity contribution in [1.29, 1.82) is 0 Å². The molecule has 1 saturated carbocycles. The standard InChI is InChI=1S/C11H20N2O/c1-7-10(14)13(8(2)12-7)6-9-5-11(9,3)4/h7-9,12H,5-6H2,1-4H3. The second kappa shape index (κ2) is 2.96. The van der Waals surface area contributed by atoms with Crippen LogP contribution in [0, 0.1) is 11.3 Å². The maximum absolute atomic E-state index is 11.8. The van der Waals surface area contributed by atoms with Crippen molar-refractivity contribution in [1.82, 2.24) is 10.2 Å². The van der Waals surface area contributed by atoms with Gasteiger partial charge in [0.15, 0.2) is 0 Å². The van der Waals surface area contributed by atoms with E-state index in [-0.39, 0.29) is 18.1 Å². The zero-order valence-electron chi connectivity index (χ0n) is 9.50. The molecule has 3 atom stereocenters. The smallest absolute Gasteiger partial charge is 0.240 e. The lowest BCUT2D eigenvalue weighted by Crippen LogP contribution is -2.36. The molecule has 2 fully saturated rings. The minimum atomic E-state index is 0.00635. The number of hydrogen-bond acceptors (Lipinski definition) is 2. The third-order valence-corrected chi connectivity index (χ3v) is 3.75. The first-order valence-corrected chi connectivity index (χ1v) is 5.48. The Morgan fingerprint density at radius 3 is 2.43 bits per heavy atom. The van der Waals surface area contributed by atoms with Gasteiger partial charge in [-0.25, -0.2) is 0 Å². The normalized spacial score (nSPS) is 40.4. The van der Waals surface area contributed by atoms with Gasteiger partial charge in [-0.05, 0) is 31.6 Å². The molecule has 14 heavy (non-hydrogen) atoms. The van der Waals surface area contributed by atoms with Crippen molar-refractivity contribution < 1.29 is 4.79 Å². The molecule has 0 bridgehead atoms. The number of carbonyl (C=O) groups excluding carboxylic acids is 1. The molecule has 1 N–H and O–H groups in total. The molecule has 80 valence electrons. The van der Waals surface area contributed by atoms with Gasteiger partial charge in [0.2, 0.25) is 5.91 Å². The van der Waals surface area contributed by atoms with Crippen LogP contribution >= 0.6 is 0 Å². The van der Waals surface area contributed by atoms with E-state index in [1.54, 1.807) is 0 Å². The molecule has 1 aliphatic carbocycles. The van der Waals surface area contributed by atoms with Crippen molar-refractivity contribution in [2.24, 2.45) is 11.3 Å². The van der Waals surface area contributed by atoms with E-state index in [1.165, 1.54) is 6.42 Å². The van der Waals surface area contributed by atoms with Crippen LogP contribution in [0.15, 0.2) is 0 Å². The van der Waals surface area contributed by atoms with Crippen LogP contribution in [0.2, 0.25) is 0 Å². The number of hydrogen-bond donors (Lipinski definition) is 1. The maximum atomic E-state index is 11.8. The number of amides is 1. The quantitative estimate of drug-likeness (QED) is 0.719. The molecule has 2 aliphatic rings. The van der Waals surface area contributed by atoms with E-state index in [2.05, 4.69) is 26.1 Å². The predicted molar refractivity (Wildman–Crippen MR) is 55.7 cm³/mol. The summed E-state index contributed by atoms with van der Waals surface area (Å²) in [4.78, 5) is 13.7. The highest BCUT2D eigenvalue weighted by Gasteiger charge is 2.48. The third kappa shape index (κ3) is 1.54. The molecule has 0 aromatic rings. The van der Waals surface area contributed by atoms with Gasteiger partial charge in [-0.3, -0.25) is 10.1 Å². The van der Waals surface area contributed by atoms with Gasteiger partial charge in [0, 0.05) is 6.54 Å². The molecule has 0 radical (unpaired) electrons. The van der Waals surface area contributed by atoms with Gasteiger partial charge in [0.1, 0.15) is 0 Å². The Bertz CT molecular complexity index is 262. The topological polar surface area (TPSA) is 32.3 Å². The molecular weight excluding hydrogens is 176 g/mol. The first-order chi connectivity index (χ1) is 6.42. The highest BCUT2D eigenvalue weighted by atomic mass is 16.2. The molecule has 1 saturated heterocycles. The fraction of sp³-hybridized carbons (Fsp3) is 0.909. The monoisotopic (exact) mass is 196 g/mol. The Balaban J connectivity index is 1.95. The van der Waals surface area contributed by atoms with Crippen molar-refractivity contribution in [3.05, 3.63) is 0 Å². The van der Waals surface area contributed by atoms with Crippen molar-refractivity contribution in [3.63, 3.8) is 0 Å². The molecular formula is C11H20N2O. The first kappa shape index (κ1) is 9.97. The van der Waals surface area contributed by atoms with Gasteiger partial charge in [0.05, 0.1) is 12.2 Å². The van der Waals surface area contributed by atoms with Crippen LogP contribution in [0.25, 0.3) is 0 Å². The van der Waals surface area contributed by atoms with Crippen LogP contribution in [0.1, 0.15) is 34.1 Å². The Morgan fingerprint density at radius 2 is 2.07 bits per heavy atom. The average Bonchev–Trinajstić information content (AvgIpc) is 2.60. The van der Waals surface area contributed by atoms with Gasteiger partial charge in [-0.15, -0.1) is 0 Å². The van der Waals surface area contributed by atoms with Gasteiger partial charge in [0.25, 0.3) is 0 Å². The van der Waals surface area contributed by atoms with E-state index in [0.29, 0.717) is 11.3 Å². The maximum Gasteiger partial charge on any atom is 0.240 e. The minimum absolute atomic E-state index is 0.00635. The third-order valence-electron chi connectivity index (χ3n) is 3.75. The molecule has 3 unspecified atom stereocenters. The van der Waals surface area contributed by atoms with Crippen molar-refractivity contribution in [2.45, 2.75) is 46.3 Å². The summed E-state index contributed by atoms with van der Waals surface area (Å²) >= 11 is 0. The fourth-order valence-corrected chi connectivity index (χ4v) is 2.34. The molecule has 2 rings (SSSR count). The molecule has 1 heterocycles. The molecule has 1 amide bonds. The Labute approximate surface area is 85.8 Å². The number of rotatable bonds is 2. The first-order valence-electron chi connectivity index (χ1n) is 5.48. The lowest BCUT2D eigenvalue weighted by Gasteiger charge is -2.21. The van der Waals surface area contributed by atoms with Crippen molar-refractivity contribution >= 4 is 5.91 Å². The Morgan fingerprint density at radius 1 is 1.50 bits per heavy atom. The summed E-state index contributed by atoms with van der Waals surface area (Å²) in [6.45, 7) is 9.50. The SMILES string of the molecule is CC1NC(C)N(CC2CC2(C)C)C1=O. The molecule has 3 nitrogen and oxygen atoms in total. The van der Waals surface area contributed by atoms with E-state index in [9.17, 15) is 4.79 Å². The second-order valence-corrected chi connectivity index (χ2v) is 5.44. The molecule has 0 aromatic carbocycles. The second-order valence-electron chi connectivity index (χ2n) is 5.44. The lowest BCUT2D eigenvalue weighted by atomic mass is 10.1. The van der Waals surface area contributed by atoms with Gasteiger partial charge in [-0.1, -0.05) is 13.8 Å². The zero-order valence-corrected chi connectivity index (χ0v) is 9.50. The summed E-state index contributed by atoms with van der Waals surface area (Å²) in [5.41, 5.74) is 0.464. The van der Waals surface area contributed by atoms with Crippen LogP contribution < -0.4 is 5.32 Å². The van der Waals surface area contributed by atoms with E-state index in [0.717, 1.165) is 6.54 Å². The molecule has 1 aliphatic heterocycles. The van der Waals surface area contributed by atoms with Crippen molar-refractivity contribution in [3.8, 4) is 0 Å². The largest absolute Gasteiger partial charge is 0.326 e. The van der Waals surface area contributed by atoms with Gasteiger partial charge < -0.3 is 4.90 Å². The summed E-state index contributed by atoms with van der Waals surface area (Å²) in [6, 6.07) is 0.00635. The van der Waals surface area contributed by atoms with Crippen LogP contribution in [-0.2, 0) is 4.79 Å². The summed E-state index contributed by atoms with van der Waals surface area (Å²) in [5.74, 6) is 0.973.